The third-order valence-corrected chi connectivity index (χ3v) is 4.28. The van der Waals surface area contributed by atoms with Gasteiger partial charge in [0.2, 0.25) is 0 Å². The molecule has 0 aromatic carbocycles. The average Bonchev–Trinajstić information content (AvgIpc) is 2.69. The van der Waals surface area contributed by atoms with Crippen LogP contribution in [0, 0.1) is 17.8 Å². The van der Waals surface area contributed by atoms with Gasteiger partial charge < -0.3 is 15.1 Å². The third kappa shape index (κ3) is 6.24. The zero-order valence-corrected chi connectivity index (χ0v) is 13.9. The van der Waals surface area contributed by atoms with Gasteiger partial charge in [0.1, 0.15) is 0 Å². The van der Waals surface area contributed by atoms with E-state index in [4.69, 9.17) is 0 Å². The molecule has 0 spiro atoms. The maximum Gasteiger partial charge on any atom is 0.0240 e. The van der Waals surface area contributed by atoms with Crippen LogP contribution >= 0.6 is 0 Å². The summed E-state index contributed by atoms with van der Waals surface area (Å²) in [7, 11) is 4.55. The highest BCUT2D eigenvalue weighted by Gasteiger charge is 2.25. The van der Waals surface area contributed by atoms with Gasteiger partial charge in [-0.2, -0.15) is 0 Å². The van der Waals surface area contributed by atoms with Crippen LogP contribution in [0.2, 0.25) is 0 Å². The zero-order valence-electron chi connectivity index (χ0n) is 13.9. The quantitative estimate of drug-likeness (QED) is 0.728. The number of nitrogens with zero attached hydrogens (tertiary/aromatic N) is 2. The molecule has 3 nitrogen and oxygen atoms in total. The summed E-state index contributed by atoms with van der Waals surface area (Å²) in [6.07, 6.45) is 1.37. The van der Waals surface area contributed by atoms with Crippen LogP contribution in [-0.2, 0) is 0 Å². The van der Waals surface area contributed by atoms with Crippen LogP contribution in [0.25, 0.3) is 0 Å². The molecule has 0 bridgehead atoms. The second-order valence-electron chi connectivity index (χ2n) is 7.22. The van der Waals surface area contributed by atoms with Gasteiger partial charge in [-0.05, 0) is 51.4 Å². The van der Waals surface area contributed by atoms with E-state index in [1.54, 1.807) is 0 Å². The molecule has 1 aliphatic heterocycles. The lowest BCUT2D eigenvalue weighted by molar-refractivity contribution is 0.162. The maximum absolute atomic E-state index is 3.63. The third-order valence-electron chi connectivity index (χ3n) is 4.28. The summed E-state index contributed by atoms with van der Waals surface area (Å²) in [4.78, 5) is 5.04. The number of nitrogens with one attached hydrogen (secondary N) is 1. The van der Waals surface area contributed by atoms with E-state index in [0.717, 1.165) is 24.9 Å². The molecule has 1 fully saturated rings. The van der Waals surface area contributed by atoms with Gasteiger partial charge >= 0.3 is 0 Å². The lowest BCUT2D eigenvalue weighted by atomic mass is 10.0. The van der Waals surface area contributed by atoms with Crippen LogP contribution in [0.15, 0.2) is 0 Å². The van der Waals surface area contributed by atoms with E-state index in [2.05, 4.69) is 56.9 Å². The smallest absolute Gasteiger partial charge is 0.0240 e. The Balaban J connectivity index is 2.37. The van der Waals surface area contributed by atoms with Gasteiger partial charge in [-0.3, -0.25) is 0 Å². The first-order valence-electron chi connectivity index (χ1n) is 7.99. The summed E-state index contributed by atoms with van der Waals surface area (Å²) in [5, 5.41) is 3.63. The molecule has 1 aliphatic rings. The van der Waals surface area contributed by atoms with Gasteiger partial charge in [-0.1, -0.05) is 27.7 Å². The number of hydrogen-bond donors (Lipinski definition) is 1. The SMILES string of the molecule is CC(C)CNCC(C(C)C)N(C)CC1CCN(C)C1. The van der Waals surface area contributed by atoms with Crippen LogP contribution in [0.5, 0.6) is 0 Å². The van der Waals surface area contributed by atoms with Crippen molar-refractivity contribution in [2.24, 2.45) is 17.8 Å². The van der Waals surface area contributed by atoms with E-state index in [0.29, 0.717) is 12.0 Å². The summed E-state index contributed by atoms with van der Waals surface area (Å²) in [6.45, 7) is 15.3. The number of likely N-dealkylation sites (tertiary alicyclic amines) is 1. The highest BCUT2D eigenvalue weighted by atomic mass is 15.2. The van der Waals surface area contributed by atoms with E-state index in [1.165, 1.54) is 26.1 Å². The minimum Gasteiger partial charge on any atom is -0.315 e. The average molecular weight is 269 g/mol. The largest absolute Gasteiger partial charge is 0.315 e. The second kappa shape index (κ2) is 8.23. The Hall–Kier alpha value is -0.120. The zero-order chi connectivity index (χ0) is 14.4. The monoisotopic (exact) mass is 269 g/mol. The first kappa shape index (κ1) is 16.9. The number of hydrogen-bond acceptors (Lipinski definition) is 3. The predicted molar refractivity (Wildman–Crippen MR) is 84.6 cm³/mol. The van der Waals surface area contributed by atoms with Crippen molar-refractivity contribution in [3.05, 3.63) is 0 Å². The van der Waals surface area contributed by atoms with Crippen LogP contribution in [0.4, 0.5) is 0 Å². The summed E-state index contributed by atoms with van der Waals surface area (Å²) >= 11 is 0. The lowest BCUT2D eigenvalue weighted by Gasteiger charge is -2.33. The Kier molecular flexibility index (Phi) is 7.33. The van der Waals surface area contributed by atoms with Crippen LogP contribution in [-0.4, -0.2) is 62.7 Å². The van der Waals surface area contributed by atoms with Crippen molar-refractivity contribution in [2.45, 2.75) is 40.2 Å². The van der Waals surface area contributed by atoms with Crippen molar-refractivity contribution in [2.75, 3.05) is 46.8 Å². The Morgan fingerprint density at radius 3 is 2.37 bits per heavy atom. The normalized spacial score (nSPS) is 22.9. The predicted octanol–water partition coefficient (Wildman–Crippen LogP) is 2.14. The van der Waals surface area contributed by atoms with E-state index in [1.807, 2.05) is 0 Å². The van der Waals surface area contributed by atoms with E-state index in [9.17, 15) is 0 Å². The van der Waals surface area contributed by atoms with Crippen LogP contribution in [0.3, 0.4) is 0 Å². The molecular formula is C16H35N3. The molecule has 0 radical (unpaired) electrons. The topological polar surface area (TPSA) is 18.5 Å². The fourth-order valence-corrected chi connectivity index (χ4v) is 3.14. The van der Waals surface area contributed by atoms with E-state index >= 15 is 0 Å². The summed E-state index contributed by atoms with van der Waals surface area (Å²) in [6, 6.07) is 0.657. The molecule has 2 atom stereocenters. The summed E-state index contributed by atoms with van der Waals surface area (Å²) in [5.41, 5.74) is 0. The minimum absolute atomic E-state index is 0.657. The summed E-state index contributed by atoms with van der Waals surface area (Å²) in [5.74, 6) is 2.31. The fourth-order valence-electron chi connectivity index (χ4n) is 3.14. The first-order chi connectivity index (χ1) is 8.90. The Bertz CT molecular complexity index is 240. The van der Waals surface area contributed by atoms with E-state index in [-0.39, 0.29) is 0 Å². The first-order valence-corrected chi connectivity index (χ1v) is 7.99. The highest BCUT2D eigenvalue weighted by molar-refractivity contribution is 4.81. The molecule has 3 heteroatoms. The highest BCUT2D eigenvalue weighted by Crippen LogP contribution is 2.18. The number of likely N-dealkylation sites (N-methyl/N-ethyl adjacent to an activating group) is 1. The Morgan fingerprint density at radius 2 is 1.89 bits per heavy atom. The van der Waals surface area contributed by atoms with Gasteiger partial charge in [-0.25, -0.2) is 0 Å². The molecule has 114 valence electrons. The molecule has 0 amide bonds. The van der Waals surface area contributed by atoms with Crippen molar-refractivity contribution in [3.63, 3.8) is 0 Å². The standard InChI is InChI=1S/C16H35N3/c1-13(2)9-17-10-16(14(3)4)19(6)12-15-7-8-18(5)11-15/h13-17H,7-12H2,1-6H3. The summed E-state index contributed by atoms with van der Waals surface area (Å²) < 4.78 is 0. The minimum atomic E-state index is 0.657. The van der Waals surface area contributed by atoms with Crippen molar-refractivity contribution in [1.82, 2.24) is 15.1 Å². The molecule has 2 unspecified atom stereocenters. The second-order valence-corrected chi connectivity index (χ2v) is 7.22. The molecule has 0 aliphatic carbocycles. The molecule has 1 rings (SSSR count). The van der Waals surface area contributed by atoms with Crippen LogP contribution in [0.1, 0.15) is 34.1 Å². The fraction of sp³-hybridized carbons (Fsp3) is 1.00. The molecule has 0 saturated carbocycles. The van der Waals surface area contributed by atoms with Gasteiger partial charge in [0.15, 0.2) is 0 Å². The van der Waals surface area contributed by atoms with Crippen molar-refractivity contribution in [1.29, 1.82) is 0 Å². The maximum atomic E-state index is 3.63. The molecular weight excluding hydrogens is 234 g/mol. The van der Waals surface area contributed by atoms with Crippen molar-refractivity contribution < 1.29 is 0 Å². The molecule has 1 saturated heterocycles. The van der Waals surface area contributed by atoms with Gasteiger partial charge in [0.05, 0.1) is 0 Å². The van der Waals surface area contributed by atoms with Crippen molar-refractivity contribution in [3.8, 4) is 0 Å². The molecule has 1 heterocycles. The van der Waals surface area contributed by atoms with Crippen LogP contribution < -0.4 is 5.32 Å². The number of rotatable bonds is 8. The van der Waals surface area contributed by atoms with E-state index < -0.39 is 0 Å². The van der Waals surface area contributed by atoms with Crippen molar-refractivity contribution >= 4 is 0 Å². The van der Waals surface area contributed by atoms with Gasteiger partial charge in [-0.15, -0.1) is 0 Å². The Morgan fingerprint density at radius 1 is 1.21 bits per heavy atom. The lowest BCUT2D eigenvalue weighted by Crippen LogP contribution is -2.46. The van der Waals surface area contributed by atoms with Gasteiger partial charge in [0, 0.05) is 25.7 Å². The molecule has 1 N–H and O–H groups in total. The molecule has 0 aromatic heterocycles. The van der Waals surface area contributed by atoms with Gasteiger partial charge in [0.25, 0.3) is 0 Å². The Labute approximate surface area is 120 Å². The molecule has 19 heavy (non-hydrogen) atoms. The molecule has 0 aromatic rings.